The number of nitrogens with one attached hydrogen (secondary N) is 2. The first-order valence-electron chi connectivity index (χ1n) is 6.17. The highest BCUT2D eigenvalue weighted by Gasteiger charge is 2.11. The van der Waals surface area contributed by atoms with E-state index < -0.39 is 11.9 Å². The smallest absolute Gasteiger partial charge is 0.321 e. The summed E-state index contributed by atoms with van der Waals surface area (Å²) < 4.78 is 0. The maximum atomic E-state index is 11.9. The molecular formula is C15H16N2O2. The number of hydrogen-bond acceptors (Lipinski definition) is 2. The van der Waals surface area contributed by atoms with E-state index in [9.17, 15) is 9.59 Å². The summed E-state index contributed by atoms with van der Waals surface area (Å²) in [7, 11) is 0. The Morgan fingerprint density at radius 1 is 1.00 bits per heavy atom. The Hall–Kier alpha value is -2.36. The van der Waals surface area contributed by atoms with E-state index in [-0.39, 0.29) is 6.04 Å². The second-order valence-electron chi connectivity index (χ2n) is 4.64. The minimum Gasteiger partial charge on any atom is -0.336 e. The monoisotopic (exact) mass is 256 g/mol. The summed E-state index contributed by atoms with van der Waals surface area (Å²) >= 11 is 0. The number of imide groups is 1. The first-order valence-corrected chi connectivity index (χ1v) is 6.17. The van der Waals surface area contributed by atoms with Gasteiger partial charge in [-0.3, -0.25) is 10.1 Å². The van der Waals surface area contributed by atoms with Crippen LogP contribution in [0.4, 0.5) is 4.79 Å². The number of fused-ring (bicyclic) bond motifs is 1. The number of hydrogen-bond donors (Lipinski definition) is 2. The lowest BCUT2D eigenvalue weighted by molar-refractivity contribution is 0.0964. The molecule has 0 bridgehead atoms. The molecule has 2 aromatic carbocycles. The van der Waals surface area contributed by atoms with Crippen molar-refractivity contribution in [1.82, 2.24) is 10.6 Å². The van der Waals surface area contributed by atoms with Gasteiger partial charge in [-0.25, -0.2) is 4.79 Å². The Labute approximate surface area is 111 Å². The van der Waals surface area contributed by atoms with Gasteiger partial charge in [-0.15, -0.1) is 0 Å². The third kappa shape index (κ3) is 3.31. The van der Waals surface area contributed by atoms with Crippen molar-refractivity contribution in [2.45, 2.75) is 19.9 Å². The van der Waals surface area contributed by atoms with Gasteiger partial charge in [0.15, 0.2) is 0 Å². The van der Waals surface area contributed by atoms with Crippen LogP contribution in [0.3, 0.4) is 0 Å². The van der Waals surface area contributed by atoms with Gasteiger partial charge in [0.05, 0.1) is 0 Å². The van der Waals surface area contributed by atoms with E-state index in [0.29, 0.717) is 5.56 Å². The molecule has 0 saturated heterocycles. The van der Waals surface area contributed by atoms with Gasteiger partial charge in [0.1, 0.15) is 0 Å². The molecule has 0 fully saturated rings. The van der Waals surface area contributed by atoms with Crippen LogP contribution in [-0.2, 0) is 0 Å². The molecule has 3 amide bonds. The summed E-state index contributed by atoms with van der Waals surface area (Å²) in [5.41, 5.74) is 0.470. The lowest BCUT2D eigenvalue weighted by Gasteiger charge is -2.09. The molecule has 2 N–H and O–H groups in total. The normalized spacial score (nSPS) is 10.5. The molecule has 19 heavy (non-hydrogen) atoms. The first kappa shape index (κ1) is 13.1. The summed E-state index contributed by atoms with van der Waals surface area (Å²) in [5.74, 6) is -0.399. The second kappa shape index (κ2) is 5.52. The van der Waals surface area contributed by atoms with Crippen molar-refractivity contribution < 1.29 is 9.59 Å². The van der Waals surface area contributed by atoms with Crippen LogP contribution in [0.1, 0.15) is 24.2 Å². The van der Waals surface area contributed by atoms with Crippen LogP contribution in [0.2, 0.25) is 0 Å². The van der Waals surface area contributed by atoms with Crippen LogP contribution < -0.4 is 10.6 Å². The summed E-state index contributed by atoms with van der Waals surface area (Å²) in [4.78, 5) is 23.4. The van der Waals surface area contributed by atoms with E-state index in [1.807, 2.05) is 44.2 Å². The molecule has 0 spiro atoms. The molecule has 98 valence electrons. The molecule has 2 aromatic rings. The molecule has 0 aromatic heterocycles. The standard InChI is InChI=1S/C15H16N2O2/c1-10(2)16-15(19)17-14(18)13-8-7-11-5-3-4-6-12(11)9-13/h3-10H,1-2H3,(H2,16,17,18,19). The summed E-state index contributed by atoms with van der Waals surface area (Å²) in [6, 6.07) is 12.6. The minimum absolute atomic E-state index is 0.00981. The number of urea groups is 1. The van der Waals surface area contributed by atoms with E-state index >= 15 is 0 Å². The zero-order valence-electron chi connectivity index (χ0n) is 10.9. The van der Waals surface area contributed by atoms with Crippen molar-refractivity contribution in [1.29, 1.82) is 0 Å². The Kier molecular flexibility index (Phi) is 3.80. The van der Waals surface area contributed by atoms with Crippen LogP contribution in [0.15, 0.2) is 42.5 Å². The maximum Gasteiger partial charge on any atom is 0.321 e. The Morgan fingerprint density at radius 2 is 1.68 bits per heavy atom. The molecule has 0 heterocycles. The molecule has 0 aliphatic heterocycles. The van der Waals surface area contributed by atoms with Crippen molar-refractivity contribution in [2.75, 3.05) is 0 Å². The third-order valence-electron chi connectivity index (χ3n) is 2.66. The number of rotatable bonds is 2. The van der Waals surface area contributed by atoms with Gasteiger partial charge in [-0.2, -0.15) is 0 Å². The van der Waals surface area contributed by atoms with E-state index in [1.165, 1.54) is 0 Å². The largest absolute Gasteiger partial charge is 0.336 e. The van der Waals surface area contributed by atoms with E-state index in [2.05, 4.69) is 10.6 Å². The second-order valence-corrected chi connectivity index (χ2v) is 4.64. The van der Waals surface area contributed by atoms with Crippen LogP contribution in [0.25, 0.3) is 10.8 Å². The molecule has 0 unspecified atom stereocenters. The van der Waals surface area contributed by atoms with E-state index in [4.69, 9.17) is 0 Å². The average molecular weight is 256 g/mol. The number of carbonyl (C=O) groups is 2. The van der Waals surface area contributed by atoms with Crippen molar-refractivity contribution in [2.24, 2.45) is 0 Å². The van der Waals surface area contributed by atoms with Crippen LogP contribution in [-0.4, -0.2) is 18.0 Å². The van der Waals surface area contributed by atoms with Crippen LogP contribution in [0.5, 0.6) is 0 Å². The molecular weight excluding hydrogens is 240 g/mol. The lowest BCUT2D eigenvalue weighted by Crippen LogP contribution is -2.42. The topological polar surface area (TPSA) is 58.2 Å². The Morgan fingerprint density at radius 3 is 2.37 bits per heavy atom. The number of carbonyl (C=O) groups excluding carboxylic acids is 2. The minimum atomic E-state index is -0.479. The average Bonchev–Trinajstić information content (AvgIpc) is 2.37. The van der Waals surface area contributed by atoms with Gasteiger partial charge in [0.2, 0.25) is 0 Å². The van der Waals surface area contributed by atoms with Crippen LogP contribution in [0, 0.1) is 0 Å². The first-order chi connectivity index (χ1) is 9.06. The van der Waals surface area contributed by atoms with Gasteiger partial charge in [0.25, 0.3) is 5.91 Å². The highest BCUT2D eigenvalue weighted by Crippen LogP contribution is 2.15. The van der Waals surface area contributed by atoms with Gasteiger partial charge in [-0.1, -0.05) is 30.3 Å². The Bertz CT molecular complexity index is 620. The molecule has 4 nitrogen and oxygen atoms in total. The molecule has 0 atom stereocenters. The predicted molar refractivity (Wildman–Crippen MR) is 75.1 cm³/mol. The summed E-state index contributed by atoms with van der Waals surface area (Å²) in [6.45, 7) is 3.67. The highest BCUT2D eigenvalue weighted by atomic mass is 16.2. The van der Waals surface area contributed by atoms with Crippen LogP contribution >= 0.6 is 0 Å². The fourth-order valence-corrected chi connectivity index (χ4v) is 1.80. The van der Waals surface area contributed by atoms with Crippen molar-refractivity contribution >= 4 is 22.7 Å². The fraction of sp³-hybridized carbons (Fsp3) is 0.200. The van der Waals surface area contributed by atoms with E-state index in [0.717, 1.165) is 10.8 Å². The van der Waals surface area contributed by atoms with Crippen molar-refractivity contribution in [3.63, 3.8) is 0 Å². The lowest BCUT2D eigenvalue weighted by atomic mass is 10.1. The zero-order valence-corrected chi connectivity index (χ0v) is 10.9. The quantitative estimate of drug-likeness (QED) is 0.868. The molecule has 0 radical (unpaired) electrons. The fourth-order valence-electron chi connectivity index (χ4n) is 1.80. The number of benzene rings is 2. The highest BCUT2D eigenvalue weighted by molar-refractivity contribution is 6.06. The van der Waals surface area contributed by atoms with Gasteiger partial charge < -0.3 is 5.32 Å². The van der Waals surface area contributed by atoms with Gasteiger partial charge in [-0.05, 0) is 36.8 Å². The molecule has 0 saturated carbocycles. The van der Waals surface area contributed by atoms with E-state index in [1.54, 1.807) is 12.1 Å². The van der Waals surface area contributed by atoms with Crippen molar-refractivity contribution in [3.05, 3.63) is 48.0 Å². The molecule has 4 heteroatoms. The maximum absolute atomic E-state index is 11.9. The third-order valence-corrected chi connectivity index (χ3v) is 2.66. The Balaban J connectivity index is 2.15. The SMILES string of the molecule is CC(C)NC(=O)NC(=O)c1ccc2ccccc2c1. The summed E-state index contributed by atoms with van der Waals surface area (Å²) in [6.07, 6.45) is 0. The predicted octanol–water partition coefficient (Wildman–Crippen LogP) is 2.69. The molecule has 0 aliphatic carbocycles. The van der Waals surface area contributed by atoms with Gasteiger partial charge >= 0.3 is 6.03 Å². The number of amides is 3. The molecule has 2 rings (SSSR count). The van der Waals surface area contributed by atoms with Crippen molar-refractivity contribution in [3.8, 4) is 0 Å². The zero-order chi connectivity index (χ0) is 13.8. The summed E-state index contributed by atoms with van der Waals surface area (Å²) in [5, 5.41) is 6.95. The molecule has 0 aliphatic rings. The van der Waals surface area contributed by atoms with Gasteiger partial charge in [0, 0.05) is 11.6 Å².